The first-order valence-corrected chi connectivity index (χ1v) is 11.5. The van der Waals surface area contributed by atoms with Crippen molar-refractivity contribution in [3.05, 3.63) is 101 Å². The van der Waals surface area contributed by atoms with Crippen LogP contribution in [0.5, 0.6) is 5.75 Å². The number of hydrogen-bond donors (Lipinski definition) is 0. The van der Waals surface area contributed by atoms with Crippen LogP contribution in [0.2, 0.25) is 0 Å². The van der Waals surface area contributed by atoms with Gasteiger partial charge in [0.25, 0.3) is 0 Å². The van der Waals surface area contributed by atoms with E-state index in [-0.39, 0.29) is 17.7 Å². The van der Waals surface area contributed by atoms with Gasteiger partial charge in [0.15, 0.2) is 5.82 Å². The molecule has 0 spiro atoms. The Morgan fingerprint density at radius 2 is 1.60 bits per heavy atom. The van der Waals surface area contributed by atoms with Crippen molar-refractivity contribution in [1.82, 2.24) is 25.1 Å². The summed E-state index contributed by atoms with van der Waals surface area (Å²) in [6.07, 6.45) is 0. The fraction of sp³-hybridized carbons (Fsp3) is 0.269. The highest BCUT2D eigenvalue weighted by Gasteiger charge is 2.33. The molecule has 0 saturated carbocycles. The summed E-state index contributed by atoms with van der Waals surface area (Å²) in [5.74, 6) is 0.902. The molecule has 35 heavy (non-hydrogen) atoms. The van der Waals surface area contributed by atoms with E-state index in [1.165, 1.54) is 18.2 Å². The molecule has 5 rings (SSSR count). The SMILES string of the molecule is COc1ccccc1[C@H](c1nnnn1Cc1ccc(F)cc1)N1CCN(c2ccccc2F)CC1. The highest BCUT2D eigenvalue weighted by molar-refractivity contribution is 5.48. The molecule has 4 aromatic rings. The predicted molar refractivity (Wildman–Crippen MR) is 128 cm³/mol. The maximum atomic E-state index is 14.4. The number of hydrogen-bond acceptors (Lipinski definition) is 6. The third-order valence-corrected chi connectivity index (χ3v) is 6.36. The predicted octanol–water partition coefficient (Wildman–Crippen LogP) is 3.92. The normalized spacial score (nSPS) is 15.2. The number of anilines is 1. The zero-order chi connectivity index (χ0) is 24.2. The minimum atomic E-state index is -0.287. The molecular formula is C26H26F2N6O. The fourth-order valence-corrected chi connectivity index (χ4v) is 4.60. The van der Waals surface area contributed by atoms with Gasteiger partial charge in [-0.2, -0.15) is 0 Å². The van der Waals surface area contributed by atoms with Gasteiger partial charge < -0.3 is 9.64 Å². The van der Waals surface area contributed by atoms with Gasteiger partial charge in [-0.25, -0.2) is 13.5 Å². The summed E-state index contributed by atoms with van der Waals surface area (Å²) in [7, 11) is 1.65. The van der Waals surface area contributed by atoms with Crippen LogP contribution >= 0.6 is 0 Å². The lowest BCUT2D eigenvalue weighted by molar-refractivity contribution is 0.197. The van der Waals surface area contributed by atoms with Crippen LogP contribution in [-0.4, -0.2) is 58.4 Å². The zero-order valence-electron chi connectivity index (χ0n) is 19.4. The van der Waals surface area contributed by atoms with Gasteiger partial charge in [-0.1, -0.05) is 42.5 Å². The standard InChI is InChI=1S/C26H26F2N6O/c1-35-24-9-5-2-6-21(24)25(26-29-30-31-34(26)18-19-10-12-20(27)13-11-19)33-16-14-32(15-17-33)23-8-4-3-7-22(23)28/h2-13,25H,14-18H2,1H3/t25-/m1/s1. The smallest absolute Gasteiger partial charge is 0.173 e. The molecule has 180 valence electrons. The van der Waals surface area contributed by atoms with Gasteiger partial charge in [0.2, 0.25) is 0 Å². The second kappa shape index (κ2) is 10.2. The minimum absolute atomic E-state index is 0.217. The first-order valence-electron chi connectivity index (χ1n) is 11.5. The molecule has 1 saturated heterocycles. The molecular weight excluding hydrogens is 450 g/mol. The Bertz CT molecular complexity index is 1270. The van der Waals surface area contributed by atoms with E-state index in [2.05, 4.69) is 25.3 Å². The van der Waals surface area contributed by atoms with Crippen molar-refractivity contribution in [2.45, 2.75) is 12.6 Å². The van der Waals surface area contributed by atoms with Crippen LogP contribution in [0.25, 0.3) is 0 Å². The Labute approximate surface area is 202 Å². The van der Waals surface area contributed by atoms with E-state index in [1.54, 1.807) is 30.0 Å². The van der Waals surface area contributed by atoms with E-state index < -0.39 is 0 Å². The lowest BCUT2D eigenvalue weighted by atomic mass is 10.0. The zero-order valence-corrected chi connectivity index (χ0v) is 19.4. The van der Waals surface area contributed by atoms with E-state index in [1.807, 2.05) is 36.4 Å². The lowest BCUT2D eigenvalue weighted by Crippen LogP contribution is -2.48. The molecule has 0 aliphatic carbocycles. The first-order chi connectivity index (χ1) is 17.1. The van der Waals surface area contributed by atoms with E-state index in [0.717, 1.165) is 16.9 Å². The van der Waals surface area contributed by atoms with Crippen molar-refractivity contribution >= 4 is 5.69 Å². The fourth-order valence-electron chi connectivity index (χ4n) is 4.60. The Balaban J connectivity index is 1.46. The molecule has 3 aromatic carbocycles. The van der Waals surface area contributed by atoms with Crippen molar-refractivity contribution in [1.29, 1.82) is 0 Å². The van der Waals surface area contributed by atoms with Gasteiger partial charge in [0, 0.05) is 31.7 Å². The second-order valence-electron chi connectivity index (χ2n) is 8.44. The number of aromatic nitrogens is 4. The molecule has 1 fully saturated rings. The van der Waals surface area contributed by atoms with Gasteiger partial charge in [0.05, 0.1) is 19.3 Å². The summed E-state index contributed by atoms with van der Waals surface area (Å²) in [5, 5.41) is 12.6. The van der Waals surface area contributed by atoms with Gasteiger partial charge in [-0.05, 0) is 46.3 Å². The molecule has 7 nitrogen and oxygen atoms in total. The molecule has 0 unspecified atom stereocenters. The maximum absolute atomic E-state index is 14.4. The van der Waals surface area contributed by atoms with Gasteiger partial charge in [0.1, 0.15) is 23.4 Å². The van der Waals surface area contributed by atoms with E-state index in [0.29, 0.717) is 44.2 Å². The van der Waals surface area contributed by atoms with Gasteiger partial charge in [-0.15, -0.1) is 5.10 Å². The summed E-state index contributed by atoms with van der Waals surface area (Å²) >= 11 is 0. The molecule has 1 aromatic heterocycles. The van der Waals surface area contributed by atoms with Crippen molar-refractivity contribution in [2.24, 2.45) is 0 Å². The number of benzene rings is 3. The van der Waals surface area contributed by atoms with Gasteiger partial charge in [-0.3, -0.25) is 4.90 Å². The minimum Gasteiger partial charge on any atom is -0.496 e. The van der Waals surface area contributed by atoms with Crippen LogP contribution in [0, 0.1) is 11.6 Å². The summed E-state index contributed by atoms with van der Waals surface area (Å²) in [4.78, 5) is 4.36. The summed E-state index contributed by atoms with van der Waals surface area (Å²) in [5.41, 5.74) is 2.45. The molecule has 0 amide bonds. The van der Waals surface area contributed by atoms with E-state index >= 15 is 0 Å². The summed E-state index contributed by atoms with van der Waals surface area (Å²) in [6, 6.07) is 20.7. The van der Waals surface area contributed by atoms with Crippen molar-refractivity contribution < 1.29 is 13.5 Å². The largest absolute Gasteiger partial charge is 0.496 e. The number of para-hydroxylation sites is 2. The molecule has 1 atom stereocenters. The molecule has 1 aliphatic heterocycles. The number of rotatable bonds is 7. The molecule has 9 heteroatoms. The number of methoxy groups -OCH3 is 1. The highest BCUT2D eigenvalue weighted by Crippen LogP contribution is 2.35. The van der Waals surface area contributed by atoms with Crippen LogP contribution in [-0.2, 0) is 6.54 Å². The molecule has 1 aliphatic rings. The Hall–Kier alpha value is -3.85. The van der Waals surface area contributed by atoms with Crippen LogP contribution in [0.4, 0.5) is 14.5 Å². The van der Waals surface area contributed by atoms with Gasteiger partial charge >= 0.3 is 0 Å². The second-order valence-corrected chi connectivity index (χ2v) is 8.44. The Morgan fingerprint density at radius 1 is 0.886 bits per heavy atom. The molecule has 0 N–H and O–H groups in total. The van der Waals surface area contributed by atoms with Crippen LogP contribution in [0.15, 0.2) is 72.8 Å². The number of piperazine rings is 1. The quantitative estimate of drug-likeness (QED) is 0.403. The van der Waals surface area contributed by atoms with E-state index in [9.17, 15) is 8.78 Å². The average Bonchev–Trinajstić information content (AvgIpc) is 3.34. The van der Waals surface area contributed by atoms with Crippen LogP contribution in [0.1, 0.15) is 23.0 Å². The van der Waals surface area contributed by atoms with Crippen molar-refractivity contribution in [2.75, 3.05) is 38.2 Å². The molecule has 2 heterocycles. The topological polar surface area (TPSA) is 59.3 Å². The number of tetrazole rings is 1. The van der Waals surface area contributed by atoms with Crippen LogP contribution < -0.4 is 9.64 Å². The number of halogens is 2. The number of nitrogens with zero attached hydrogens (tertiary/aromatic N) is 6. The van der Waals surface area contributed by atoms with Crippen LogP contribution in [0.3, 0.4) is 0 Å². The average molecular weight is 477 g/mol. The summed E-state index contributed by atoms with van der Waals surface area (Å²) < 4.78 is 35.2. The third-order valence-electron chi connectivity index (χ3n) is 6.36. The number of ether oxygens (including phenoxy) is 1. The van der Waals surface area contributed by atoms with Crippen molar-refractivity contribution in [3.63, 3.8) is 0 Å². The van der Waals surface area contributed by atoms with Crippen molar-refractivity contribution in [3.8, 4) is 5.75 Å². The Morgan fingerprint density at radius 3 is 2.34 bits per heavy atom. The monoisotopic (exact) mass is 476 g/mol. The molecule has 0 radical (unpaired) electrons. The molecule has 0 bridgehead atoms. The first kappa shape index (κ1) is 22.9. The maximum Gasteiger partial charge on any atom is 0.173 e. The summed E-state index contributed by atoms with van der Waals surface area (Å²) in [6.45, 7) is 3.09. The third kappa shape index (κ3) is 4.85. The highest BCUT2D eigenvalue weighted by atomic mass is 19.1. The van der Waals surface area contributed by atoms with E-state index in [4.69, 9.17) is 4.74 Å². The Kier molecular flexibility index (Phi) is 6.67. The lowest BCUT2D eigenvalue weighted by Gasteiger charge is -2.40.